The zero-order chi connectivity index (χ0) is 46.7. The van der Waals surface area contributed by atoms with Gasteiger partial charge in [0.05, 0.1) is 11.4 Å². The van der Waals surface area contributed by atoms with Crippen LogP contribution in [-0.4, -0.2) is 24.1 Å². The molecule has 3 heterocycles. The summed E-state index contributed by atoms with van der Waals surface area (Å²) < 4.78 is 4.11. The van der Waals surface area contributed by atoms with Gasteiger partial charge in [0.25, 0.3) is 0 Å². The highest BCUT2D eigenvalue weighted by Crippen LogP contribution is 2.40. The van der Waals surface area contributed by atoms with Crippen molar-refractivity contribution < 1.29 is 0 Å². The van der Waals surface area contributed by atoms with Crippen LogP contribution in [0.4, 0.5) is 0 Å². The highest BCUT2D eigenvalue weighted by atomic mass is 15.0. The Morgan fingerprint density at radius 3 is 1.23 bits per heavy atom. The molecule has 8 aromatic carbocycles. The molecule has 0 fully saturated rings. The van der Waals surface area contributed by atoms with Crippen LogP contribution >= 0.6 is 0 Å². The van der Waals surface area contributed by atoms with E-state index in [4.69, 9.17) is 4.98 Å². The Morgan fingerprint density at radius 1 is 0.348 bits per heavy atom. The van der Waals surface area contributed by atoms with Crippen molar-refractivity contribution in [3.63, 3.8) is 0 Å². The van der Waals surface area contributed by atoms with E-state index in [0.29, 0.717) is 0 Å². The predicted octanol–water partition coefficient (Wildman–Crippen LogP) is 15.6. The third kappa shape index (κ3) is 8.86. The Balaban J connectivity index is 0.949. The molecule has 0 radical (unpaired) electrons. The van der Waals surface area contributed by atoms with E-state index in [1.165, 1.54) is 72.3 Å². The summed E-state index contributed by atoms with van der Waals surface area (Å²) in [6, 6.07) is 74.8. The fourth-order valence-electron chi connectivity index (χ4n) is 9.69. The first-order valence-corrected chi connectivity index (χ1v) is 23.6. The molecular weight excluding hydrogens is 839 g/mol. The molecule has 3 aromatic heterocycles. The topological polar surface area (TPSA) is 48.5 Å². The first-order chi connectivity index (χ1) is 33.9. The van der Waals surface area contributed by atoms with E-state index in [9.17, 15) is 0 Å². The largest absolute Gasteiger partial charge is 0.334 e. The molecule has 5 nitrogen and oxygen atoms in total. The average Bonchev–Trinajstić information content (AvgIpc) is 4.06. The van der Waals surface area contributed by atoms with E-state index >= 15 is 0 Å². The number of hydrogen-bond acceptors (Lipinski definition) is 3. The minimum absolute atomic E-state index is 0.875. The normalized spacial score (nSPS) is 11.2. The maximum absolute atomic E-state index is 5.29. The van der Waals surface area contributed by atoms with Gasteiger partial charge in [0, 0.05) is 61.1 Å². The lowest BCUT2D eigenvalue weighted by Crippen LogP contribution is -1.97. The fourth-order valence-corrected chi connectivity index (χ4v) is 9.69. The summed E-state index contributed by atoms with van der Waals surface area (Å²) in [4.78, 5) is 14.5. The summed E-state index contributed by atoms with van der Waals surface area (Å²) in [6.45, 7) is 2.19. The van der Waals surface area contributed by atoms with E-state index in [0.717, 1.165) is 58.1 Å². The van der Waals surface area contributed by atoms with Gasteiger partial charge in [-0.3, -0.25) is 0 Å². The average molecular weight is 890 g/mol. The molecule has 69 heavy (non-hydrogen) atoms. The quantitative estimate of drug-likeness (QED) is 0.123. The second-order valence-corrected chi connectivity index (χ2v) is 17.8. The monoisotopic (exact) mass is 889 g/mol. The van der Waals surface area contributed by atoms with E-state index in [2.05, 4.69) is 232 Å². The molecule has 0 saturated heterocycles. The molecule has 11 aromatic rings. The van der Waals surface area contributed by atoms with Crippen LogP contribution in [0.3, 0.4) is 0 Å². The number of aromatic nitrogens is 5. The van der Waals surface area contributed by atoms with Crippen molar-refractivity contribution in [3.05, 3.63) is 248 Å². The van der Waals surface area contributed by atoms with E-state index < -0.39 is 0 Å². The summed E-state index contributed by atoms with van der Waals surface area (Å²) in [7, 11) is 4.07. The SMILES string of the molecule is Cc1c(-c2ccccc2)cc(-c2ccc(CCc3cc(-c4ccccc4-c4ccc(-c5nccn5C)cc4)cc(-c4ccccc4-c4ccc(-c5nccn5C)cc4)c3)cc2)nc1-c1ccccc1. The number of nitrogens with zero attached hydrogens (tertiary/aromatic N) is 5. The lowest BCUT2D eigenvalue weighted by atomic mass is 9.87. The maximum atomic E-state index is 5.29. The van der Waals surface area contributed by atoms with Crippen LogP contribution < -0.4 is 0 Å². The van der Waals surface area contributed by atoms with Crippen molar-refractivity contribution in [2.45, 2.75) is 19.8 Å². The minimum atomic E-state index is 0.875. The van der Waals surface area contributed by atoms with Crippen molar-refractivity contribution in [2.75, 3.05) is 0 Å². The second kappa shape index (κ2) is 18.9. The molecule has 0 aliphatic rings. The van der Waals surface area contributed by atoms with Gasteiger partial charge in [-0.25, -0.2) is 15.0 Å². The molecule has 0 N–H and O–H groups in total. The number of benzene rings is 8. The Hall–Kier alpha value is -8.67. The Labute approximate surface area is 404 Å². The van der Waals surface area contributed by atoms with Gasteiger partial charge in [-0.15, -0.1) is 0 Å². The lowest BCUT2D eigenvalue weighted by molar-refractivity contribution is 0.925. The van der Waals surface area contributed by atoms with E-state index in [1.807, 2.05) is 38.9 Å². The van der Waals surface area contributed by atoms with Gasteiger partial charge in [0.15, 0.2) is 0 Å². The van der Waals surface area contributed by atoms with Gasteiger partial charge in [-0.05, 0) is 104 Å². The van der Waals surface area contributed by atoms with Crippen molar-refractivity contribution in [2.24, 2.45) is 14.1 Å². The first kappa shape index (κ1) is 42.9. The molecule has 0 spiro atoms. The van der Waals surface area contributed by atoms with Crippen LogP contribution in [0.25, 0.3) is 101 Å². The van der Waals surface area contributed by atoms with Crippen molar-refractivity contribution >= 4 is 0 Å². The summed E-state index contributed by atoms with van der Waals surface area (Å²) in [5.74, 6) is 1.90. The van der Waals surface area contributed by atoms with Gasteiger partial charge in [-0.1, -0.05) is 194 Å². The summed E-state index contributed by atoms with van der Waals surface area (Å²) >= 11 is 0. The summed E-state index contributed by atoms with van der Waals surface area (Å²) in [5, 5.41) is 0. The summed E-state index contributed by atoms with van der Waals surface area (Å²) in [5.41, 5.74) is 22.0. The molecule has 0 amide bonds. The van der Waals surface area contributed by atoms with Crippen LogP contribution in [0.5, 0.6) is 0 Å². The molecular formula is C64H51N5. The molecule has 11 rings (SSSR count). The van der Waals surface area contributed by atoms with Crippen molar-refractivity contribution in [1.29, 1.82) is 0 Å². The molecule has 0 saturated carbocycles. The molecule has 0 atom stereocenters. The van der Waals surface area contributed by atoms with Crippen LogP contribution in [0, 0.1) is 6.92 Å². The van der Waals surface area contributed by atoms with E-state index in [1.54, 1.807) is 0 Å². The predicted molar refractivity (Wildman–Crippen MR) is 285 cm³/mol. The van der Waals surface area contributed by atoms with E-state index in [-0.39, 0.29) is 0 Å². The van der Waals surface area contributed by atoms with Gasteiger partial charge in [-0.2, -0.15) is 0 Å². The molecule has 0 aliphatic carbocycles. The Bertz CT molecular complexity index is 3340. The minimum Gasteiger partial charge on any atom is -0.334 e. The number of imidazole rings is 2. The Morgan fingerprint density at radius 2 is 0.754 bits per heavy atom. The number of hydrogen-bond donors (Lipinski definition) is 0. The highest BCUT2D eigenvalue weighted by molar-refractivity contribution is 5.90. The van der Waals surface area contributed by atoms with Gasteiger partial charge >= 0.3 is 0 Å². The zero-order valence-electron chi connectivity index (χ0n) is 39.1. The van der Waals surface area contributed by atoms with Crippen LogP contribution in [0.2, 0.25) is 0 Å². The number of pyridine rings is 1. The second-order valence-electron chi connectivity index (χ2n) is 17.8. The van der Waals surface area contributed by atoms with Crippen LogP contribution in [0.1, 0.15) is 16.7 Å². The molecule has 0 unspecified atom stereocenters. The molecule has 0 bridgehead atoms. The third-order valence-electron chi connectivity index (χ3n) is 13.4. The van der Waals surface area contributed by atoms with Crippen molar-refractivity contribution in [1.82, 2.24) is 24.1 Å². The molecule has 0 aliphatic heterocycles. The zero-order valence-corrected chi connectivity index (χ0v) is 39.1. The summed E-state index contributed by atoms with van der Waals surface area (Å²) in [6.07, 6.45) is 9.43. The highest BCUT2D eigenvalue weighted by Gasteiger charge is 2.17. The van der Waals surface area contributed by atoms with Crippen LogP contribution in [0.15, 0.2) is 231 Å². The number of rotatable bonds is 12. The van der Waals surface area contributed by atoms with Gasteiger partial charge in [0.2, 0.25) is 0 Å². The smallest absolute Gasteiger partial charge is 0.139 e. The third-order valence-corrected chi connectivity index (χ3v) is 13.4. The van der Waals surface area contributed by atoms with Crippen molar-refractivity contribution in [3.8, 4) is 101 Å². The standard InChI is InChI=1S/C64H51N5/c1-44-60(47-14-6-4-7-15-47)43-61(67-62(44)51-16-8-5-9-17-51)50-26-24-45(25-27-50)22-23-46-40-54(58-20-12-10-18-56(58)48-28-32-52(33-29-48)63-65-36-38-68(63)2)42-55(41-46)59-21-13-11-19-57(59)49-30-34-53(35-31-49)64-66-37-39-69(64)3/h4-21,24-43H,22-23H2,1-3H3. The van der Waals surface area contributed by atoms with Gasteiger partial charge < -0.3 is 9.13 Å². The first-order valence-electron chi connectivity index (χ1n) is 23.6. The molecule has 5 heteroatoms. The lowest BCUT2D eigenvalue weighted by Gasteiger charge is -2.17. The fraction of sp³-hybridized carbons (Fsp3) is 0.0781. The maximum Gasteiger partial charge on any atom is 0.139 e. The molecule has 332 valence electrons. The Kier molecular flexibility index (Phi) is 11.8. The van der Waals surface area contributed by atoms with Crippen LogP contribution in [-0.2, 0) is 26.9 Å². The number of aryl methyl sites for hydroxylation is 4. The van der Waals surface area contributed by atoms with Gasteiger partial charge in [0.1, 0.15) is 11.6 Å².